The molecule has 0 unspecified atom stereocenters. The van der Waals surface area contributed by atoms with E-state index in [9.17, 15) is 0 Å². The second-order valence-electron chi connectivity index (χ2n) is 5.08. The molecule has 15 heavy (non-hydrogen) atoms. The molecule has 0 rings (SSSR count). The molecule has 0 saturated carbocycles. The first-order valence-electron chi connectivity index (χ1n) is 6.39. The molecule has 1 heteroatoms. The zero-order chi connectivity index (χ0) is 12.1. The zero-order valence-corrected chi connectivity index (χ0v) is 11.8. The highest BCUT2D eigenvalue weighted by molar-refractivity contribution is 5.18. The van der Waals surface area contributed by atoms with E-state index in [0.717, 1.165) is 13.1 Å². The van der Waals surface area contributed by atoms with E-state index in [1.165, 1.54) is 12.8 Å². The highest BCUT2D eigenvalue weighted by Crippen LogP contribution is 2.33. The minimum absolute atomic E-state index is 0.271. The molecule has 0 heterocycles. The van der Waals surface area contributed by atoms with Crippen molar-refractivity contribution in [1.29, 1.82) is 0 Å². The predicted octanol–water partition coefficient (Wildman–Crippen LogP) is 4.45. The Labute approximate surface area is 96.6 Å². The van der Waals surface area contributed by atoms with Gasteiger partial charge in [0.25, 0.3) is 0 Å². The van der Waals surface area contributed by atoms with Crippen LogP contribution < -0.4 is 0 Å². The van der Waals surface area contributed by atoms with Gasteiger partial charge in [-0.3, -0.25) is 0 Å². The van der Waals surface area contributed by atoms with Gasteiger partial charge in [-0.25, -0.2) is 0 Å². The molecule has 0 bridgehead atoms. The Balaban J connectivity index is 5.30. The Kier molecular flexibility index (Phi) is 6.00. The smallest absolute Gasteiger partial charge is 0.0179 e. The normalized spacial score (nSPS) is 11.4. The molecule has 0 aliphatic rings. The second-order valence-corrected chi connectivity index (χ2v) is 5.08. The lowest BCUT2D eigenvalue weighted by Gasteiger charge is -2.36. The SMILES string of the molecule is CCC(CC)=C(N(CC)CC)C(C)(C)C. The lowest BCUT2D eigenvalue weighted by molar-refractivity contribution is 0.281. The summed E-state index contributed by atoms with van der Waals surface area (Å²) < 4.78 is 0. The molecular formula is C14H29N. The maximum absolute atomic E-state index is 2.52. The summed E-state index contributed by atoms with van der Waals surface area (Å²) in [6.07, 6.45) is 2.36. The molecule has 0 atom stereocenters. The van der Waals surface area contributed by atoms with Crippen molar-refractivity contribution in [3.05, 3.63) is 11.3 Å². The molecule has 0 aromatic rings. The van der Waals surface area contributed by atoms with Crippen LogP contribution in [0.4, 0.5) is 0 Å². The first-order chi connectivity index (χ1) is 6.92. The maximum atomic E-state index is 2.52. The summed E-state index contributed by atoms with van der Waals surface area (Å²) in [5.41, 5.74) is 3.46. The molecule has 0 amide bonds. The molecule has 1 nitrogen and oxygen atoms in total. The van der Waals surface area contributed by atoms with Gasteiger partial charge < -0.3 is 4.90 Å². The van der Waals surface area contributed by atoms with Crippen molar-refractivity contribution in [2.45, 2.75) is 61.3 Å². The van der Waals surface area contributed by atoms with Crippen LogP contribution in [0.3, 0.4) is 0 Å². The quantitative estimate of drug-likeness (QED) is 0.649. The van der Waals surface area contributed by atoms with Crippen LogP contribution in [0.25, 0.3) is 0 Å². The van der Waals surface area contributed by atoms with Crippen LogP contribution in [-0.2, 0) is 0 Å². The fourth-order valence-corrected chi connectivity index (χ4v) is 2.35. The van der Waals surface area contributed by atoms with E-state index in [4.69, 9.17) is 0 Å². The van der Waals surface area contributed by atoms with E-state index in [1.807, 2.05) is 0 Å². The Hall–Kier alpha value is -0.460. The molecular weight excluding hydrogens is 182 g/mol. The van der Waals surface area contributed by atoms with Gasteiger partial charge in [0.05, 0.1) is 0 Å². The zero-order valence-electron chi connectivity index (χ0n) is 11.8. The van der Waals surface area contributed by atoms with Crippen LogP contribution in [0.1, 0.15) is 61.3 Å². The summed E-state index contributed by atoms with van der Waals surface area (Å²) in [4.78, 5) is 2.52. The van der Waals surface area contributed by atoms with Crippen LogP contribution >= 0.6 is 0 Å². The number of nitrogens with zero attached hydrogens (tertiary/aromatic N) is 1. The molecule has 0 aromatic carbocycles. The lowest BCUT2D eigenvalue weighted by atomic mass is 9.86. The molecule has 0 radical (unpaired) electrons. The van der Waals surface area contributed by atoms with Crippen LogP contribution in [0, 0.1) is 5.41 Å². The van der Waals surface area contributed by atoms with Gasteiger partial charge in [0.1, 0.15) is 0 Å². The van der Waals surface area contributed by atoms with Crippen LogP contribution in [0.5, 0.6) is 0 Å². The lowest BCUT2D eigenvalue weighted by Crippen LogP contribution is -2.31. The summed E-state index contributed by atoms with van der Waals surface area (Å²) in [7, 11) is 0. The van der Waals surface area contributed by atoms with Crippen molar-refractivity contribution in [2.75, 3.05) is 13.1 Å². The Bertz CT molecular complexity index is 198. The standard InChI is InChI=1S/C14H29N/c1-8-12(9-2)13(14(5,6)7)15(10-3)11-4/h8-11H2,1-7H3. The number of hydrogen-bond acceptors (Lipinski definition) is 1. The van der Waals surface area contributed by atoms with Crippen LogP contribution in [0.2, 0.25) is 0 Å². The third kappa shape index (κ3) is 3.89. The minimum atomic E-state index is 0.271. The summed E-state index contributed by atoms with van der Waals surface area (Å²) >= 11 is 0. The number of hydrogen-bond donors (Lipinski definition) is 0. The first kappa shape index (κ1) is 14.5. The summed E-state index contributed by atoms with van der Waals surface area (Å²) in [5, 5.41) is 0. The van der Waals surface area contributed by atoms with Gasteiger partial charge in [-0.2, -0.15) is 0 Å². The summed E-state index contributed by atoms with van der Waals surface area (Å²) in [6, 6.07) is 0. The summed E-state index contributed by atoms with van der Waals surface area (Å²) in [6.45, 7) is 18.3. The fourth-order valence-electron chi connectivity index (χ4n) is 2.35. The average Bonchev–Trinajstić information content (AvgIpc) is 2.17. The van der Waals surface area contributed by atoms with E-state index in [2.05, 4.69) is 53.4 Å². The van der Waals surface area contributed by atoms with Crippen molar-refractivity contribution in [2.24, 2.45) is 5.41 Å². The van der Waals surface area contributed by atoms with Gasteiger partial charge in [-0.15, -0.1) is 0 Å². The van der Waals surface area contributed by atoms with Crippen molar-refractivity contribution in [1.82, 2.24) is 4.90 Å². The number of allylic oxidation sites excluding steroid dienone is 2. The Morgan fingerprint density at radius 3 is 1.47 bits per heavy atom. The molecule has 0 fully saturated rings. The Morgan fingerprint density at radius 2 is 1.27 bits per heavy atom. The van der Waals surface area contributed by atoms with E-state index in [0.29, 0.717) is 0 Å². The molecule has 0 saturated heterocycles. The van der Waals surface area contributed by atoms with Gasteiger partial charge in [0.15, 0.2) is 0 Å². The third-order valence-corrected chi connectivity index (χ3v) is 2.98. The minimum Gasteiger partial charge on any atom is -0.375 e. The summed E-state index contributed by atoms with van der Waals surface area (Å²) in [5.74, 6) is 0. The Morgan fingerprint density at radius 1 is 0.867 bits per heavy atom. The van der Waals surface area contributed by atoms with Gasteiger partial charge in [0.2, 0.25) is 0 Å². The van der Waals surface area contributed by atoms with E-state index in [1.54, 1.807) is 11.3 Å². The molecule has 0 N–H and O–H groups in total. The average molecular weight is 211 g/mol. The van der Waals surface area contributed by atoms with Crippen molar-refractivity contribution in [3.63, 3.8) is 0 Å². The highest BCUT2D eigenvalue weighted by Gasteiger charge is 2.23. The topological polar surface area (TPSA) is 3.24 Å². The van der Waals surface area contributed by atoms with Crippen molar-refractivity contribution >= 4 is 0 Å². The first-order valence-corrected chi connectivity index (χ1v) is 6.39. The van der Waals surface area contributed by atoms with Gasteiger partial charge in [-0.05, 0) is 26.7 Å². The number of rotatable bonds is 5. The molecule has 90 valence electrons. The van der Waals surface area contributed by atoms with Crippen molar-refractivity contribution in [3.8, 4) is 0 Å². The van der Waals surface area contributed by atoms with Crippen LogP contribution in [0.15, 0.2) is 11.3 Å². The predicted molar refractivity (Wildman–Crippen MR) is 70.0 cm³/mol. The molecule has 0 aromatic heterocycles. The second kappa shape index (κ2) is 6.19. The van der Waals surface area contributed by atoms with Gasteiger partial charge >= 0.3 is 0 Å². The largest absolute Gasteiger partial charge is 0.375 e. The highest BCUT2D eigenvalue weighted by atomic mass is 15.1. The molecule has 0 aliphatic heterocycles. The fraction of sp³-hybridized carbons (Fsp3) is 0.857. The van der Waals surface area contributed by atoms with Gasteiger partial charge in [-0.1, -0.05) is 40.2 Å². The van der Waals surface area contributed by atoms with E-state index in [-0.39, 0.29) is 5.41 Å². The monoisotopic (exact) mass is 211 g/mol. The maximum Gasteiger partial charge on any atom is 0.0179 e. The van der Waals surface area contributed by atoms with Crippen LogP contribution in [-0.4, -0.2) is 18.0 Å². The van der Waals surface area contributed by atoms with E-state index >= 15 is 0 Å². The van der Waals surface area contributed by atoms with E-state index < -0.39 is 0 Å². The molecule has 0 aliphatic carbocycles. The third-order valence-electron chi connectivity index (χ3n) is 2.98. The molecule has 0 spiro atoms. The van der Waals surface area contributed by atoms with Crippen molar-refractivity contribution < 1.29 is 0 Å². The van der Waals surface area contributed by atoms with Gasteiger partial charge in [0, 0.05) is 24.2 Å².